The Bertz CT molecular complexity index is 757. The van der Waals surface area contributed by atoms with Gasteiger partial charge in [0.15, 0.2) is 11.5 Å². The number of hydrogen-bond donors (Lipinski definition) is 1. The van der Waals surface area contributed by atoms with Gasteiger partial charge in [0, 0.05) is 12.8 Å². The molecule has 0 amide bonds. The molecule has 2 bridgehead atoms. The van der Waals surface area contributed by atoms with E-state index in [1.54, 1.807) is 12.1 Å². The molecule has 0 aliphatic carbocycles. The molecule has 138 valence electrons. The summed E-state index contributed by atoms with van der Waals surface area (Å²) in [6.07, 6.45) is 4.55. The molecule has 0 aromatic carbocycles. The van der Waals surface area contributed by atoms with Gasteiger partial charge in [0.2, 0.25) is 0 Å². The second-order valence-electron chi connectivity index (χ2n) is 7.99. The van der Waals surface area contributed by atoms with E-state index >= 15 is 0 Å². The highest BCUT2D eigenvalue weighted by Gasteiger charge is 2.71. The molecule has 5 heterocycles. The smallest absolute Gasteiger partial charge is 0.354 e. The monoisotopic (exact) mass is 360 g/mol. The number of epoxide rings is 1. The largest absolute Gasteiger partial charge is 0.465 e. The molecule has 3 aliphatic rings. The van der Waals surface area contributed by atoms with E-state index in [0.29, 0.717) is 12.1 Å². The standard InChI is InChI=1S/C19H22NO6/c1-20(2)12-9-11(10-13(20)17-16(12)26-17)25-18(21)19(22,14-5-3-7-23-14)15-6-4-8-24-15/h3-8,11-13,16-17,22H,9-10H2,1-2H3/q+1/t11?,12-,13+,16+,17-. The predicted octanol–water partition coefficient (Wildman–Crippen LogP) is 1.41. The zero-order valence-corrected chi connectivity index (χ0v) is 14.7. The number of nitrogens with zero attached hydrogens (tertiary/aromatic N) is 1. The molecular formula is C19H22NO6+. The van der Waals surface area contributed by atoms with Crippen molar-refractivity contribution in [1.29, 1.82) is 0 Å². The van der Waals surface area contributed by atoms with E-state index in [0.717, 1.165) is 17.3 Å². The third-order valence-corrected chi connectivity index (χ3v) is 6.36. The maximum absolute atomic E-state index is 13.0. The minimum absolute atomic E-state index is 0.0820. The molecule has 3 fully saturated rings. The Morgan fingerprint density at radius 2 is 1.65 bits per heavy atom. The summed E-state index contributed by atoms with van der Waals surface area (Å²) in [5.41, 5.74) is -2.09. The highest BCUT2D eigenvalue weighted by atomic mass is 16.6. The third kappa shape index (κ3) is 2.08. The van der Waals surface area contributed by atoms with Crippen LogP contribution in [-0.2, 0) is 19.9 Å². The highest BCUT2D eigenvalue weighted by molar-refractivity contribution is 5.83. The van der Waals surface area contributed by atoms with Crippen molar-refractivity contribution < 1.29 is 32.7 Å². The van der Waals surface area contributed by atoms with E-state index in [9.17, 15) is 9.90 Å². The summed E-state index contributed by atoms with van der Waals surface area (Å²) in [5, 5.41) is 11.2. The summed E-state index contributed by atoms with van der Waals surface area (Å²) in [6, 6.07) is 6.94. The minimum atomic E-state index is -2.09. The molecule has 1 N–H and O–H groups in total. The first-order valence-corrected chi connectivity index (χ1v) is 8.92. The van der Waals surface area contributed by atoms with E-state index < -0.39 is 11.6 Å². The Morgan fingerprint density at radius 3 is 2.12 bits per heavy atom. The number of rotatable bonds is 4. The first-order chi connectivity index (χ1) is 12.4. The molecule has 2 aromatic heterocycles. The van der Waals surface area contributed by atoms with Crippen molar-refractivity contribution >= 4 is 5.97 Å². The fourth-order valence-corrected chi connectivity index (χ4v) is 4.83. The number of piperidine rings is 1. The molecule has 26 heavy (non-hydrogen) atoms. The molecule has 5 atom stereocenters. The maximum Gasteiger partial charge on any atom is 0.354 e. The van der Waals surface area contributed by atoms with Crippen molar-refractivity contribution in [2.45, 2.75) is 48.8 Å². The highest BCUT2D eigenvalue weighted by Crippen LogP contribution is 2.51. The molecule has 7 nitrogen and oxygen atoms in total. The lowest BCUT2D eigenvalue weighted by Crippen LogP contribution is -2.60. The lowest BCUT2D eigenvalue weighted by atomic mass is 9.95. The number of carbonyl (C=O) groups is 1. The fourth-order valence-electron chi connectivity index (χ4n) is 4.83. The lowest BCUT2D eigenvalue weighted by Gasteiger charge is -2.45. The van der Waals surface area contributed by atoms with E-state index in [1.807, 2.05) is 0 Å². The zero-order valence-electron chi connectivity index (χ0n) is 14.7. The maximum atomic E-state index is 13.0. The van der Waals surface area contributed by atoms with Gasteiger partial charge in [-0.25, -0.2) is 4.79 Å². The molecule has 2 aromatic rings. The van der Waals surface area contributed by atoms with E-state index in [1.165, 1.54) is 24.7 Å². The topological polar surface area (TPSA) is 85.3 Å². The summed E-state index contributed by atoms with van der Waals surface area (Å²) in [5.74, 6) is -0.606. The number of morpholine rings is 1. The summed E-state index contributed by atoms with van der Waals surface area (Å²) in [4.78, 5) is 13.0. The Morgan fingerprint density at radius 1 is 1.12 bits per heavy atom. The van der Waals surface area contributed by atoms with Gasteiger partial charge >= 0.3 is 5.97 Å². The predicted molar refractivity (Wildman–Crippen MR) is 87.9 cm³/mol. The lowest BCUT2D eigenvalue weighted by molar-refractivity contribution is -0.938. The van der Waals surface area contributed by atoms with Gasteiger partial charge < -0.3 is 27.9 Å². The number of furan rings is 2. The second kappa shape index (κ2) is 5.22. The Labute approximate surface area is 150 Å². The van der Waals surface area contributed by atoms with Crippen molar-refractivity contribution in [3.8, 4) is 0 Å². The summed E-state index contributed by atoms with van der Waals surface area (Å²) in [7, 11) is 4.43. The molecule has 7 heteroatoms. The van der Waals surface area contributed by atoms with Gasteiger partial charge in [-0.05, 0) is 24.3 Å². The Hall–Kier alpha value is -2.09. The van der Waals surface area contributed by atoms with Crippen LogP contribution >= 0.6 is 0 Å². The summed E-state index contributed by atoms with van der Waals surface area (Å²) in [6.45, 7) is 0. The van der Waals surface area contributed by atoms with Crippen LogP contribution in [0, 0.1) is 0 Å². The van der Waals surface area contributed by atoms with Crippen molar-refractivity contribution in [1.82, 2.24) is 0 Å². The van der Waals surface area contributed by atoms with Crippen LogP contribution in [0.25, 0.3) is 0 Å². The number of fused-ring (bicyclic) bond motifs is 5. The molecule has 5 rings (SSSR count). The van der Waals surface area contributed by atoms with Crippen LogP contribution < -0.4 is 0 Å². The zero-order chi connectivity index (χ0) is 18.1. The molecule has 1 unspecified atom stereocenters. The van der Waals surface area contributed by atoms with E-state index in [-0.39, 0.29) is 29.8 Å². The Balaban J connectivity index is 1.40. The first kappa shape index (κ1) is 16.1. The van der Waals surface area contributed by atoms with Gasteiger partial charge in [0.25, 0.3) is 5.60 Å². The molecule has 3 aliphatic heterocycles. The van der Waals surface area contributed by atoms with Crippen molar-refractivity contribution in [3.63, 3.8) is 0 Å². The van der Waals surface area contributed by atoms with Crippen molar-refractivity contribution in [3.05, 3.63) is 48.3 Å². The molecule has 0 spiro atoms. The number of aliphatic hydroxyl groups is 1. The number of carbonyl (C=O) groups excluding carboxylic acids is 1. The van der Waals surface area contributed by atoms with Crippen LogP contribution in [0.1, 0.15) is 24.4 Å². The molecule has 3 saturated heterocycles. The van der Waals surface area contributed by atoms with Crippen LogP contribution in [0.3, 0.4) is 0 Å². The van der Waals surface area contributed by atoms with Gasteiger partial charge in [0.05, 0.1) is 26.6 Å². The fraction of sp³-hybridized carbons (Fsp3) is 0.526. The normalized spacial score (nSPS) is 34.3. The molecule has 0 saturated carbocycles. The van der Waals surface area contributed by atoms with Crippen LogP contribution in [0.5, 0.6) is 0 Å². The van der Waals surface area contributed by atoms with Crippen molar-refractivity contribution in [2.24, 2.45) is 0 Å². The number of ether oxygens (including phenoxy) is 2. The van der Waals surface area contributed by atoms with Crippen LogP contribution in [0.15, 0.2) is 45.6 Å². The third-order valence-electron chi connectivity index (χ3n) is 6.36. The van der Waals surface area contributed by atoms with Crippen LogP contribution in [0.2, 0.25) is 0 Å². The van der Waals surface area contributed by atoms with Gasteiger partial charge in [-0.2, -0.15) is 0 Å². The van der Waals surface area contributed by atoms with Gasteiger partial charge in [-0.15, -0.1) is 0 Å². The van der Waals surface area contributed by atoms with Gasteiger partial charge in [0.1, 0.15) is 30.4 Å². The summed E-state index contributed by atoms with van der Waals surface area (Å²) >= 11 is 0. The summed E-state index contributed by atoms with van der Waals surface area (Å²) < 4.78 is 23.1. The SMILES string of the molecule is C[N+]1(C)[C@@H]2CC(OC(=O)C(O)(c3ccco3)c3ccco3)C[C@H]1[C@H]1O[C@H]12. The number of likely N-dealkylation sites (N-methyl/N-ethyl adjacent to an activating group) is 1. The second-order valence-corrected chi connectivity index (χ2v) is 7.99. The Kier molecular flexibility index (Phi) is 3.23. The van der Waals surface area contributed by atoms with E-state index in [2.05, 4.69) is 14.1 Å². The van der Waals surface area contributed by atoms with Gasteiger partial charge in [-0.3, -0.25) is 0 Å². The quantitative estimate of drug-likeness (QED) is 0.504. The average molecular weight is 360 g/mol. The molecule has 0 radical (unpaired) electrons. The van der Waals surface area contributed by atoms with Crippen LogP contribution in [-0.4, -0.2) is 60.0 Å². The van der Waals surface area contributed by atoms with Gasteiger partial charge in [-0.1, -0.05) is 0 Å². The van der Waals surface area contributed by atoms with Crippen molar-refractivity contribution in [2.75, 3.05) is 14.1 Å². The number of hydrogen-bond acceptors (Lipinski definition) is 6. The van der Waals surface area contributed by atoms with E-state index in [4.69, 9.17) is 18.3 Å². The minimum Gasteiger partial charge on any atom is -0.465 e. The number of esters is 1. The van der Waals surface area contributed by atoms with Crippen LogP contribution in [0.4, 0.5) is 0 Å². The number of quaternary nitrogens is 1. The first-order valence-electron chi connectivity index (χ1n) is 8.92. The molecular weight excluding hydrogens is 338 g/mol. The average Bonchev–Trinajstić information content (AvgIpc) is 2.98.